The van der Waals surface area contributed by atoms with Crippen LogP contribution in [0.2, 0.25) is 0 Å². The Morgan fingerprint density at radius 2 is 1.76 bits per heavy atom. The molecule has 2 aromatic rings. The number of hydrogen-bond donors (Lipinski definition) is 1. The summed E-state index contributed by atoms with van der Waals surface area (Å²) in [6.07, 6.45) is 5.48. The number of aromatic nitrogens is 1. The van der Waals surface area contributed by atoms with Gasteiger partial charge in [-0.05, 0) is 57.4 Å². The Labute approximate surface area is 195 Å². The number of esters is 1. The van der Waals surface area contributed by atoms with Crippen molar-refractivity contribution in [2.45, 2.75) is 70.4 Å². The molecule has 180 valence electrons. The predicted molar refractivity (Wildman–Crippen MR) is 125 cm³/mol. The van der Waals surface area contributed by atoms with E-state index in [9.17, 15) is 18.0 Å². The van der Waals surface area contributed by atoms with Gasteiger partial charge >= 0.3 is 5.97 Å². The number of benzene rings is 1. The quantitative estimate of drug-likeness (QED) is 0.590. The first kappa shape index (κ1) is 25.0. The number of primary sulfonamides is 1. The Hall–Kier alpha value is -2.65. The summed E-state index contributed by atoms with van der Waals surface area (Å²) in [7, 11) is -3.74. The van der Waals surface area contributed by atoms with Crippen LogP contribution in [0.25, 0.3) is 0 Å². The van der Waals surface area contributed by atoms with Crippen LogP contribution < -0.4 is 5.14 Å². The topological polar surface area (TPSA) is 112 Å². The maximum absolute atomic E-state index is 12.7. The second kappa shape index (κ2) is 10.5. The molecule has 0 atom stereocenters. The van der Waals surface area contributed by atoms with E-state index in [1.807, 2.05) is 30.2 Å². The maximum atomic E-state index is 12.7. The number of nitrogens with two attached hydrogens (primary N) is 1. The number of likely N-dealkylation sites (N-methyl/N-ethyl adjacent to an activating group) is 1. The lowest BCUT2D eigenvalue weighted by atomic mass is 9.94. The van der Waals surface area contributed by atoms with Gasteiger partial charge in [0.05, 0.1) is 10.5 Å². The highest BCUT2D eigenvalue weighted by molar-refractivity contribution is 7.89. The van der Waals surface area contributed by atoms with Gasteiger partial charge in [0.2, 0.25) is 10.0 Å². The second-order valence-electron chi connectivity index (χ2n) is 8.61. The molecule has 1 aliphatic rings. The number of carbonyl (C=O) groups excluding carboxylic acids is 2. The highest BCUT2D eigenvalue weighted by Gasteiger charge is 2.25. The van der Waals surface area contributed by atoms with Crippen molar-refractivity contribution < 1.29 is 22.7 Å². The van der Waals surface area contributed by atoms with Crippen LogP contribution in [-0.4, -0.2) is 49.0 Å². The second-order valence-corrected chi connectivity index (χ2v) is 10.2. The molecule has 0 saturated heterocycles. The molecule has 1 aromatic heterocycles. The van der Waals surface area contributed by atoms with E-state index in [-0.39, 0.29) is 23.5 Å². The predicted octanol–water partition coefficient (Wildman–Crippen LogP) is 3.14. The lowest BCUT2D eigenvalue weighted by Gasteiger charge is -2.33. The molecule has 8 nitrogen and oxygen atoms in total. The molecule has 3 rings (SSSR count). The number of rotatable bonds is 8. The van der Waals surface area contributed by atoms with Gasteiger partial charge in [-0.1, -0.05) is 31.4 Å². The molecule has 0 aliphatic heterocycles. The van der Waals surface area contributed by atoms with E-state index >= 15 is 0 Å². The molecule has 0 radical (unpaired) electrons. The Balaban J connectivity index is 1.66. The summed E-state index contributed by atoms with van der Waals surface area (Å²) in [6.45, 7) is 6.47. The van der Waals surface area contributed by atoms with E-state index in [0.717, 1.165) is 42.6 Å². The first-order chi connectivity index (χ1) is 15.6. The molecule has 9 heteroatoms. The molecule has 33 heavy (non-hydrogen) atoms. The van der Waals surface area contributed by atoms with Crippen molar-refractivity contribution in [2.75, 3.05) is 13.2 Å². The Morgan fingerprint density at radius 1 is 1.12 bits per heavy atom. The molecule has 1 saturated carbocycles. The van der Waals surface area contributed by atoms with Crippen LogP contribution in [0.15, 0.2) is 35.2 Å². The Morgan fingerprint density at radius 3 is 2.33 bits per heavy atom. The Kier molecular flexibility index (Phi) is 7.97. The molecule has 1 amide bonds. The summed E-state index contributed by atoms with van der Waals surface area (Å²) in [4.78, 5) is 27.3. The van der Waals surface area contributed by atoms with E-state index in [4.69, 9.17) is 9.88 Å². The number of sulfonamides is 1. The van der Waals surface area contributed by atoms with Crippen LogP contribution in [0.4, 0.5) is 0 Å². The van der Waals surface area contributed by atoms with Crippen molar-refractivity contribution in [3.05, 3.63) is 52.8 Å². The highest BCUT2D eigenvalue weighted by Crippen LogP contribution is 2.23. The van der Waals surface area contributed by atoms with Crippen LogP contribution in [-0.2, 0) is 26.1 Å². The van der Waals surface area contributed by atoms with Gasteiger partial charge in [-0.3, -0.25) is 4.79 Å². The molecule has 0 spiro atoms. The minimum atomic E-state index is -3.74. The van der Waals surface area contributed by atoms with Gasteiger partial charge in [0.25, 0.3) is 5.91 Å². The molecule has 2 N–H and O–H groups in total. The van der Waals surface area contributed by atoms with Crippen molar-refractivity contribution >= 4 is 21.9 Å². The van der Waals surface area contributed by atoms with Crippen molar-refractivity contribution in [1.29, 1.82) is 0 Å². The number of amides is 1. The van der Waals surface area contributed by atoms with Crippen molar-refractivity contribution in [2.24, 2.45) is 5.14 Å². The van der Waals surface area contributed by atoms with Gasteiger partial charge in [0.1, 0.15) is 0 Å². The minimum Gasteiger partial charge on any atom is -0.452 e. The van der Waals surface area contributed by atoms with Gasteiger partial charge in [-0.2, -0.15) is 0 Å². The summed E-state index contributed by atoms with van der Waals surface area (Å²) >= 11 is 0. The van der Waals surface area contributed by atoms with E-state index in [1.165, 1.54) is 18.6 Å². The number of carbonyl (C=O) groups is 2. The number of nitrogens with zero attached hydrogens (tertiary/aromatic N) is 2. The molecule has 1 heterocycles. The van der Waals surface area contributed by atoms with Crippen LogP contribution in [0.3, 0.4) is 0 Å². The third-order valence-corrected chi connectivity index (χ3v) is 7.32. The van der Waals surface area contributed by atoms with E-state index in [0.29, 0.717) is 18.7 Å². The third kappa shape index (κ3) is 6.03. The number of hydrogen-bond acceptors (Lipinski definition) is 5. The van der Waals surface area contributed by atoms with Crippen LogP contribution in [0, 0.1) is 13.8 Å². The lowest BCUT2D eigenvalue weighted by Crippen LogP contribution is -2.43. The zero-order valence-corrected chi connectivity index (χ0v) is 20.4. The molecule has 1 aromatic carbocycles. The monoisotopic (exact) mass is 475 g/mol. The molecular formula is C24H33N3O5S. The van der Waals surface area contributed by atoms with E-state index < -0.39 is 16.0 Å². The largest absolute Gasteiger partial charge is 0.452 e. The fourth-order valence-electron chi connectivity index (χ4n) is 4.54. The molecular weight excluding hydrogens is 442 g/mol. The average Bonchev–Trinajstić information content (AvgIpc) is 3.07. The van der Waals surface area contributed by atoms with Crippen LogP contribution in [0.5, 0.6) is 0 Å². The molecule has 1 aliphatic carbocycles. The van der Waals surface area contributed by atoms with Crippen LogP contribution in [0.1, 0.15) is 66.3 Å². The van der Waals surface area contributed by atoms with Crippen molar-refractivity contribution in [1.82, 2.24) is 9.47 Å². The van der Waals surface area contributed by atoms with Crippen LogP contribution >= 0.6 is 0 Å². The SMILES string of the molecule is CCN(C(=O)COC(=O)c1cc(C)n(Cc2ccc(S(N)(=O)=O)cc2)c1C)C1CCCCC1. The van der Waals surface area contributed by atoms with E-state index in [1.54, 1.807) is 18.2 Å². The van der Waals surface area contributed by atoms with Gasteiger partial charge in [0, 0.05) is 30.5 Å². The molecule has 0 unspecified atom stereocenters. The zero-order valence-electron chi connectivity index (χ0n) is 19.5. The summed E-state index contributed by atoms with van der Waals surface area (Å²) in [5.74, 6) is -0.673. The minimum absolute atomic E-state index is 0.0514. The van der Waals surface area contributed by atoms with E-state index in [2.05, 4.69) is 0 Å². The average molecular weight is 476 g/mol. The van der Waals surface area contributed by atoms with Gasteiger partial charge in [0.15, 0.2) is 6.61 Å². The summed E-state index contributed by atoms with van der Waals surface area (Å²) in [6, 6.07) is 8.30. The molecule has 1 fully saturated rings. The lowest BCUT2D eigenvalue weighted by molar-refractivity contribution is -0.137. The summed E-state index contributed by atoms with van der Waals surface area (Å²) in [5.41, 5.74) is 2.87. The van der Waals surface area contributed by atoms with Gasteiger partial charge in [-0.25, -0.2) is 18.4 Å². The fourth-order valence-corrected chi connectivity index (χ4v) is 5.05. The van der Waals surface area contributed by atoms with Crippen molar-refractivity contribution in [3.8, 4) is 0 Å². The Bertz CT molecular complexity index is 1100. The fraction of sp³-hybridized carbons (Fsp3) is 0.500. The summed E-state index contributed by atoms with van der Waals surface area (Å²) in [5, 5.41) is 5.15. The number of ether oxygens (including phenoxy) is 1. The first-order valence-corrected chi connectivity index (χ1v) is 12.9. The zero-order chi connectivity index (χ0) is 24.2. The summed E-state index contributed by atoms with van der Waals surface area (Å²) < 4.78 is 30.2. The number of aryl methyl sites for hydroxylation is 1. The smallest absolute Gasteiger partial charge is 0.340 e. The van der Waals surface area contributed by atoms with Gasteiger partial charge in [-0.15, -0.1) is 0 Å². The van der Waals surface area contributed by atoms with Gasteiger partial charge < -0.3 is 14.2 Å². The molecule has 0 bridgehead atoms. The third-order valence-electron chi connectivity index (χ3n) is 6.39. The normalized spacial score (nSPS) is 14.8. The highest BCUT2D eigenvalue weighted by atomic mass is 32.2. The maximum Gasteiger partial charge on any atom is 0.340 e. The van der Waals surface area contributed by atoms with Crippen molar-refractivity contribution in [3.63, 3.8) is 0 Å². The first-order valence-electron chi connectivity index (χ1n) is 11.4. The standard InChI is InChI=1S/C24H33N3O5S/c1-4-26(20-8-6-5-7-9-20)23(28)16-32-24(29)22-14-17(2)27(18(22)3)15-19-10-12-21(13-11-19)33(25,30)31/h10-14,20H,4-9,15-16H2,1-3H3,(H2,25,30,31).